The molecule has 0 aliphatic heterocycles. The van der Waals surface area contributed by atoms with E-state index in [1.165, 1.54) is 19.1 Å². The van der Waals surface area contributed by atoms with Crippen molar-refractivity contribution in [3.8, 4) is 0 Å². The molecule has 0 heterocycles. The van der Waals surface area contributed by atoms with Crippen molar-refractivity contribution in [2.24, 2.45) is 0 Å². The second kappa shape index (κ2) is 9.97. The molecule has 7 nitrogen and oxygen atoms in total. The number of amides is 1. The number of carbonyl (C=O) groups is 3. The van der Waals surface area contributed by atoms with Gasteiger partial charge in [0.2, 0.25) is 5.91 Å². The highest BCUT2D eigenvalue weighted by Crippen LogP contribution is 2.10. The lowest BCUT2D eigenvalue weighted by molar-refractivity contribution is -0.118. The van der Waals surface area contributed by atoms with E-state index in [0.717, 1.165) is 11.8 Å². The highest BCUT2D eigenvalue weighted by molar-refractivity contribution is 7.89. The first-order chi connectivity index (χ1) is 13.6. The largest absolute Gasteiger partial charge is 0.454 e. The molecule has 0 fully saturated rings. The lowest BCUT2D eigenvalue weighted by Crippen LogP contribution is -2.22. The number of sulfone groups is 1. The molecular weight excluding hydrogens is 394 g/mol. The maximum absolute atomic E-state index is 12.2. The van der Waals surface area contributed by atoms with E-state index in [2.05, 4.69) is 5.32 Å². The highest BCUT2D eigenvalue weighted by atomic mass is 32.2. The van der Waals surface area contributed by atoms with E-state index in [-0.39, 0.29) is 23.0 Å². The molecule has 2 aromatic carbocycles. The third kappa shape index (κ3) is 7.87. The summed E-state index contributed by atoms with van der Waals surface area (Å²) in [6.07, 6.45) is 1.79. The molecule has 29 heavy (non-hydrogen) atoms. The van der Waals surface area contributed by atoms with E-state index in [0.29, 0.717) is 24.1 Å². The summed E-state index contributed by atoms with van der Waals surface area (Å²) in [4.78, 5) is 35.1. The summed E-state index contributed by atoms with van der Waals surface area (Å²) in [7, 11) is -3.15. The van der Waals surface area contributed by atoms with Crippen LogP contribution < -0.4 is 5.32 Å². The zero-order valence-corrected chi connectivity index (χ0v) is 17.1. The predicted molar refractivity (Wildman–Crippen MR) is 108 cm³/mol. The molecule has 0 aromatic heterocycles. The normalized spacial score (nSPS) is 11.0. The Balaban J connectivity index is 1.86. The van der Waals surface area contributed by atoms with E-state index in [1.807, 2.05) is 0 Å². The average molecular weight is 417 g/mol. The zero-order valence-electron chi connectivity index (χ0n) is 16.3. The summed E-state index contributed by atoms with van der Waals surface area (Å²) in [5.74, 6) is -1.19. The molecule has 0 radical (unpaired) electrons. The van der Waals surface area contributed by atoms with Crippen molar-refractivity contribution in [1.29, 1.82) is 0 Å². The van der Waals surface area contributed by atoms with Gasteiger partial charge in [0.25, 0.3) is 0 Å². The van der Waals surface area contributed by atoms with E-state index in [1.54, 1.807) is 36.4 Å². The first kappa shape index (κ1) is 22.3. The fraction of sp³-hybridized carbons (Fsp3) is 0.286. The number of ketones is 1. The Kier molecular flexibility index (Phi) is 7.67. The van der Waals surface area contributed by atoms with Gasteiger partial charge in [-0.25, -0.2) is 13.2 Å². The van der Waals surface area contributed by atoms with Gasteiger partial charge in [-0.15, -0.1) is 0 Å². The first-order valence-corrected chi connectivity index (χ1v) is 11.0. The summed E-state index contributed by atoms with van der Waals surface area (Å²) in [5, 5.41) is 2.70. The molecule has 0 saturated heterocycles. The molecule has 1 N–H and O–H groups in total. The van der Waals surface area contributed by atoms with Crippen LogP contribution in [0.15, 0.2) is 48.5 Å². The molecule has 0 saturated carbocycles. The Bertz CT molecular complexity index is 979. The molecule has 2 rings (SSSR count). The maximum Gasteiger partial charge on any atom is 0.338 e. The number of esters is 1. The molecule has 0 aliphatic carbocycles. The number of benzene rings is 2. The van der Waals surface area contributed by atoms with E-state index < -0.39 is 22.4 Å². The van der Waals surface area contributed by atoms with Gasteiger partial charge in [-0.05, 0) is 29.7 Å². The molecule has 154 valence electrons. The first-order valence-electron chi connectivity index (χ1n) is 8.94. The summed E-state index contributed by atoms with van der Waals surface area (Å²) >= 11 is 0. The summed E-state index contributed by atoms with van der Waals surface area (Å²) in [5.41, 5.74) is 2.20. The molecule has 1 amide bonds. The van der Waals surface area contributed by atoms with Crippen LogP contribution >= 0.6 is 0 Å². The number of Topliss-reactive ketones (excluding diaryl/α,β-unsaturated/α-hetero) is 1. The Labute approximate surface area is 170 Å². The van der Waals surface area contributed by atoms with Gasteiger partial charge in [-0.1, -0.05) is 36.4 Å². The van der Waals surface area contributed by atoms with Crippen LogP contribution in [-0.2, 0) is 31.5 Å². The Morgan fingerprint density at radius 1 is 0.897 bits per heavy atom. The minimum absolute atomic E-state index is 0.0938. The van der Waals surface area contributed by atoms with Crippen LogP contribution in [-0.4, -0.2) is 45.5 Å². The van der Waals surface area contributed by atoms with Gasteiger partial charge in [0.15, 0.2) is 22.2 Å². The molecule has 0 unspecified atom stereocenters. The third-order valence-electron chi connectivity index (χ3n) is 4.02. The van der Waals surface area contributed by atoms with E-state index in [9.17, 15) is 22.8 Å². The molecular formula is C21H23NO6S. The van der Waals surface area contributed by atoms with Crippen LogP contribution in [0.25, 0.3) is 0 Å². The number of rotatable bonds is 9. The Hall–Kier alpha value is -3.00. The van der Waals surface area contributed by atoms with Gasteiger partial charge < -0.3 is 10.1 Å². The summed E-state index contributed by atoms with van der Waals surface area (Å²) in [6.45, 7) is 1.57. The van der Waals surface area contributed by atoms with Crippen molar-refractivity contribution in [2.75, 3.05) is 19.4 Å². The lowest BCUT2D eigenvalue weighted by Gasteiger charge is -2.07. The van der Waals surface area contributed by atoms with Crippen LogP contribution in [0, 0.1) is 0 Å². The second-order valence-electron chi connectivity index (χ2n) is 6.70. The SMILES string of the molecule is CC(=O)NCCc1ccc(C(=O)COC(=O)c2ccc(CS(C)(=O)=O)cc2)cc1. The van der Waals surface area contributed by atoms with Crippen molar-refractivity contribution in [2.45, 2.75) is 19.1 Å². The van der Waals surface area contributed by atoms with Gasteiger partial charge in [0.05, 0.1) is 11.3 Å². The number of hydrogen-bond acceptors (Lipinski definition) is 6. The van der Waals surface area contributed by atoms with Gasteiger partial charge in [-0.3, -0.25) is 9.59 Å². The number of hydrogen-bond donors (Lipinski definition) is 1. The van der Waals surface area contributed by atoms with Crippen molar-refractivity contribution in [3.63, 3.8) is 0 Å². The van der Waals surface area contributed by atoms with Crippen molar-refractivity contribution >= 4 is 27.5 Å². The predicted octanol–water partition coefficient (Wildman–Crippen LogP) is 1.95. The number of carbonyl (C=O) groups excluding carboxylic acids is 3. The van der Waals surface area contributed by atoms with E-state index in [4.69, 9.17) is 4.74 Å². The minimum Gasteiger partial charge on any atom is -0.454 e. The van der Waals surface area contributed by atoms with Crippen molar-refractivity contribution in [3.05, 3.63) is 70.8 Å². The molecule has 0 bridgehead atoms. The summed E-state index contributed by atoms with van der Waals surface area (Å²) in [6, 6.07) is 12.9. The van der Waals surface area contributed by atoms with Gasteiger partial charge in [-0.2, -0.15) is 0 Å². The second-order valence-corrected chi connectivity index (χ2v) is 8.84. The van der Waals surface area contributed by atoms with Crippen LogP contribution in [0.3, 0.4) is 0 Å². The molecule has 0 aliphatic rings. The van der Waals surface area contributed by atoms with Crippen LogP contribution in [0.5, 0.6) is 0 Å². The molecule has 2 aromatic rings. The third-order valence-corrected chi connectivity index (χ3v) is 4.87. The number of nitrogens with one attached hydrogen (secondary N) is 1. The monoisotopic (exact) mass is 417 g/mol. The minimum atomic E-state index is -3.15. The maximum atomic E-state index is 12.2. The van der Waals surface area contributed by atoms with Crippen LogP contribution in [0.1, 0.15) is 38.8 Å². The van der Waals surface area contributed by atoms with Crippen molar-refractivity contribution in [1.82, 2.24) is 5.32 Å². The van der Waals surface area contributed by atoms with Crippen LogP contribution in [0.2, 0.25) is 0 Å². The Morgan fingerprint density at radius 3 is 2.00 bits per heavy atom. The lowest BCUT2D eigenvalue weighted by atomic mass is 10.1. The van der Waals surface area contributed by atoms with Gasteiger partial charge in [0.1, 0.15) is 0 Å². The van der Waals surface area contributed by atoms with Gasteiger partial charge in [0, 0.05) is 25.3 Å². The van der Waals surface area contributed by atoms with E-state index >= 15 is 0 Å². The Morgan fingerprint density at radius 2 is 1.45 bits per heavy atom. The summed E-state index contributed by atoms with van der Waals surface area (Å²) < 4.78 is 27.6. The van der Waals surface area contributed by atoms with Gasteiger partial charge >= 0.3 is 5.97 Å². The molecule has 0 spiro atoms. The zero-order chi connectivity index (χ0) is 21.4. The van der Waals surface area contributed by atoms with Crippen LogP contribution in [0.4, 0.5) is 0 Å². The van der Waals surface area contributed by atoms with Crippen molar-refractivity contribution < 1.29 is 27.5 Å². The topological polar surface area (TPSA) is 107 Å². The average Bonchev–Trinajstić information content (AvgIpc) is 2.65. The fourth-order valence-electron chi connectivity index (χ4n) is 2.58. The highest BCUT2D eigenvalue weighted by Gasteiger charge is 2.13. The number of ether oxygens (including phenoxy) is 1. The quantitative estimate of drug-likeness (QED) is 0.494. The standard InChI is InChI=1S/C21H23NO6S/c1-15(23)22-12-11-16-3-7-18(8-4-16)20(24)13-28-21(25)19-9-5-17(6-10-19)14-29(2,26)27/h3-10H,11-14H2,1-2H3,(H,22,23). The smallest absolute Gasteiger partial charge is 0.338 e. The molecule has 8 heteroatoms. The fourth-order valence-corrected chi connectivity index (χ4v) is 3.38. The molecule has 0 atom stereocenters.